The fourth-order valence-electron chi connectivity index (χ4n) is 4.09. The maximum Gasteiger partial charge on any atom is 0.254 e. The first kappa shape index (κ1) is 20.5. The van der Waals surface area contributed by atoms with Crippen LogP contribution in [0.1, 0.15) is 15.9 Å². The van der Waals surface area contributed by atoms with Crippen LogP contribution in [-0.2, 0) is 11.2 Å². The topological polar surface area (TPSA) is 87.3 Å². The van der Waals surface area contributed by atoms with Crippen LogP contribution < -0.4 is 13.3 Å². The summed E-state index contributed by atoms with van der Waals surface area (Å²) in [5.74, 6) is 0.107. The van der Waals surface area contributed by atoms with E-state index in [1.54, 1.807) is 54.4 Å². The molecule has 5 rings (SSSR count). The number of nitrogens with zero attached hydrogens (tertiary/aromatic N) is 2. The number of aromatic nitrogens is 2. The van der Waals surface area contributed by atoms with Gasteiger partial charge in [0.2, 0.25) is 5.91 Å². The van der Waals surface area contributed by atoms with E-state index in [0.717, 1.165) is 27.7 Å². The zero-order chi connectivity index (χ0) is 22.2. The molecule has 2 N–H and O–H groups in total. The summed E-state index contributed by atoms with van der Waals surface area (Å²) < 4.78 is 5.20. The van der Waals surface area contributed by atoms with Crippen LogP contribution in [0, 0.1) is 0 Å². The Kier molecular flexibility index (Phi) is 5.30. The Bertz CT molecular complexity index is 1330. The molecule has 4 aromatic rings. The van der Waals surface area contributed by atoms with E-state index in [1.165, 1.54) is 4.90 Å². The van der Waals surface area contributed by atoms with Crippen LogP contribution in [0.3, 0.4) is 0 Å². The molecule has 1 unspecified atom stereocenters. The van der Waals surface area contributed by atoms with Gasteiger partial charge in [-0.05, 0) is 47.0 Å². The van der Waals surface area contributed by atoms with Gasteiger partial charge in [-0.25, -0.2) is 4.98 Å². The molecule has 0 saturated heterocycles. The minimum absolute atomic E-state index is 0.160. The van der Waals surface area contributed by atoms with E-state index < -0.39 is 6.04 Å². The number of pyridine rings is 1. The third kappa shape index (κ3) is 3.60. The number of nitrogens with one attached hydrogen (secondary N) is 2. The number of carbonyl (C=O) groups excluding carboxylic acids is 2. The molecule has 3 heterocycles. The minimum atomic E-state index is -0.660. The highest BCUT2D eigenvalue weighted by atomic mass is 127. The van der Waals surface area contributed by atoms with Crippen molar-refractivity contribution in [2.75, 3.05) is 11.9 Å². The maximum atomic E-state index is 13.1. The standard InChI is InChI=1S/C24H19IN4O3/c1-29-21-7-6-16(32-25)13-19(21)23(30)28-20(24(29)31)12-14-2-4-15(5-3-14)17-8-10-26-22-18(17)9-11-27-22/h2-11,13,20H,12H2,1H3,(H,26,27)(H,28,30). The lowest BCUT2D eigenvalue weighted by Gasteiger charge is -2.21. The summed E-state index contributed by atoms with van der Waals surface area (Å²) in [6.45, 7) is 0. The number of halogens is 1. The lowest BCUT2D eigenvalue weighted by Crippen LogP contribution is -2.45. The van der Waals surface area contributed by atoms with Crippen LogP contribution in [0.4, 0.5) is 5.69 Å². The van der Waals surface area contributed by atoms with Gasteiger partial charge in [-0.3, -0.25) is 9.59 Å². The van der Waals surface area contributed by atoms with Crippen molar-refractivity contribution >= 4 is 51.5 Å². The first-order valence-corrected chi connectivity index (χ1v) is 11.0. The Hall–Kier alpha value is -3.40. The number of aromatic amines is 1. The fourth-order valence-corrected chi connectivity index (χ4v) is 4.37. The van der Waals surface area contributed by atoms with Gasteiger partial charge in [-0.2, -0.15) is 0 Å². The van der Waals surface area contributed by atoms with Gasteiger partial charge >= 0.3 is 0 Å². The van der Waals surface area contributed by atoms with Crippen LogP contribution in [0.15, 0.2) is 67.0 Å². The molecule has 2 aromatic carbocycles. The quantitative estimate of drug-likeness (QED) is 0.380. The van der Waals surface area contributed by atoms with Crippen LogP contribution in [0.25, 0.3) is 22.2 Å². The predicted molar refractivity (Wildman–Crippen MR) is 131 cm³/mol. The Morgan fingerprint density at radius 3 is 2.66 bits per heavy atom. The smallest absolute Gasteiger partial charge is 0.254 e. The molecule has 1 atom stereocenters. The van der Waals surface area contributed by atoms with Crippen LogP contribution in [0.5, 0.6) is 5.75 Å². The summed E-state index contributed by atoms with van der Waals surface area (Å²) in [7, 11) is 1.69. The Balaban J connectivity index is 1.40. The van der Waals surface area contributed by atoms with Gasteiger partial charge in [-0.1, -0.05) is 24.3 Å². The second-order valence-electron chi connectivity index (χ2n) is 7.68. The van der Waals surface area contributed by atoms with E-state index in [1.807, 2.05) is 42.6 Å². The Labute approximate surface area is 198 Å². The third-order valence-corrected chi connectivity index (χ3v) is 6.27. The van der Waals surface area contributed by atoms with Crippen molar-refractivity contribution in [1.82, 2.24) is 15.3 Å². The average molecular weight is 538 g/mol. The number of carbonyl (C=O) groups is 2. The van der Waals surface area contributed by atoms with Gasteiger partial charge in [0.25, 0.3) is 5.91 Å². The van der Waals surface area contributed by atoms with E-state index in [4.69, 9.17) is 3.07 Å². The van der Waals surface area contributed by atoms with Crippen LogP contribution in [0.2, 0.25) is 0 Å². The molecule has 0 saturated carbocycles. The van der Waals surface area contributed by atoms with Gasteiger partial charge in [0.15, 0.2) is 23.0 Å². The Morgan fingerprint density at radius 2 is 1.88 bits per heavy atom. The molecular formula is C24H19IN4O3. The highest BCUT2D eigenvalue weighted by molar-refractivity contribution is 14.1. The largest absolute Gasteiger partial charge is 0.428 e. The molecule has 0 radical (unpaired) electrons. The number of likely N-dealkylation sites (N-methyl/N-ethyl adjacent to an activating group) is 1. The summed E-state index contributed by atoms with van der Waals surface area (Å²) >= 11 is 1.77. The van der Waals surface area contributed by atoms with Gasteiger partial charge in [0.05, 0.1) is 11.3 Å². The average Bonchev–Trinajstić information content (AvgIpc) is 3.29. The monoisotopic (exact) mass is 538 g/mol. The summed E-state index contributed by atoms with van der Waals surface area (Å²) in [5.41, 5.74) is 4.94. The van der Waals surface area contributed by atoms with E-state index in [2.05, 4.69) is 15.3 Å². The number of benzene rings is 2. The molecule has 1 aliphatic heterocycles. The first-order valence-electron chi connectivity index (χ1n) is 10.1. The van der Waals surface area contributed by atoms with Crippen molar-refractivity contribution in [2.24, 2.45) is 0 Å². The molecular weight excluding hydrogens is 519 g/mol. The summed E-state index contributed by atoms with van der Waals surface area (Å²) in [6, 6.07) is 16.5. The molecule has 2 amide bonds. The fraction of sp³-hybridized carbons (Fsp3) is 0.125. The highest BCUT2D eigenvalue weighted by Crippen LogP contribution is 2.30. The van der Waals surface area contributed by atoms with Crippen molar-refractivity contribution in [3.8, 4) is 16.9 Å². The highest BCUT2D eigenvalue weighted by Gasteiger charge is 2.32. The van der Waals surface area contributed by atoms with Gasteiger partial charge in [0, 0.05) is 31.2 Å². The summed E-state index contributed by atoms with van der Waals surface area (Å²) in [6.07, 6.45) is 4.05. The molecule has 0 fully saturated rings. The molecule has 2 aromatic heterocycles. The van der Waals surface area contributed by atoms with Crippen molar-refractivity contribution in [3.63, 3.8) is 0 Å². The molecule has 160 valence electrons. The minimum Gasteiger partial charge on any atom is -0.428 e. The second-order valence-corrected chi connectivity index (χ2v) is 8.12. The number of H-pyrrole nitrogens is 1. The lowest BCUT2D eigenvalue weighted by molar-refractivity contribution is -0.120. The zero-order valence-corrected chi connectivity index (χ0v) is 19.3. The summed E-state index contributed by atoms with van der Waals surface area (Å²) in [5, 5.41) is 3.94. The van der Waals surface area contributed by atoms with Crippen molar-refractivity contribution in [3.05, 3.63) is 78.1 Å². The zero-order valence-electron chi connectivity index (χ0n) is 17.1. The van der Waals surface area contributed by atoms with Gasteiger partial charge in [0.1, 0.15) is 17.4 Å². The van der Waals surface area contributed by atoms with E-state index in [9.17, 15) is 9.59 Å². The van der Waals surface area contributed by atoms with Gasteiger partial charge in [-0.15, -0.1) is 0 Å². The number of rotatable bonds is 4. The van der Waals surface area contributed by atoms with Crippen molar-refractivity contribution < 1.29 is 12.7 Å². The normalized spacial score (nSPS) is 15.9. The van der Waals surface area contributed by atoms with E-state index >= 15 is 0 Å². The van der Waals surface area contributed by atoms with E-state index in [0.29, 0.717) is 23.4 Å². The molecule has 32 heavy (non-hydrogen) atoms. The number of fused-ring (bicyclic) bond motifs is 2. The first-order chi connectivity index (χ1) is 15.5. The van der Waals surface area contributed by atoms with Gasteiger partial charge < -0.3 is 18.3 Å². The predicted octanol–water partition coefficient (Wildman–Crippen LogP) is 4.28. The van der Waals surface area contributed by atoms with Crippen molar-refractivity contribution in [1.29, 1.82) is 0 Å². The lowest BCUT2D eigenvalue weighted by atomic mass is 9.99. The Morgan fingerprint density at radius 1 is 1.06 bits per heavy atom. The molecule has 8 heteroatoms. The number of amides is 2. The molecule has 1 aliphatic rings. The van der Waals surface area contributed by atoms with Crippen LogP contribution >= 0.6 is 23.0 Å². The maximum absolute atomic E-state index is 13.1. The van der Waals surface area contributed by atoms with E-state index in [-0.39, 0.29) is 11.8 Å². The second kappa shape index (κ2) is 8.27. The number of anilines is 1. The third-order valence-electron chi connectivity index (χ3n) is 5.76. The SMILES string of the molecule is CN1C(=O)C(Cc2ccc(-c3ccnc4[nH]ccc34)cc2)NC(=O)c2cc(OI)ccc21. The number of hydrogen-bond acceptors (Lipinski definition) is 4. The molecule has 7 nitrogen and oxygen atoms in total. The molecule has 0 bridgehead atoms. The molecule has 0 spiro atoms. The summed E-state index contributed by atoms with van der Waals surface area (Å²) in [4.78, 5) is 34.9. The number of hydrogen-bond donors (Lipinski definition) is 2. The molecule has 0 aliphatic carbocycles. The van der Waals surface area contributed by atoms with Crippen molar-refractivity contribution in [2.45, 2.75) is 12.5 Å². The van der Waals surface area contributed by atoms with Crippen LogP contribution in [-0.4, -0.2) is 34.9 Å².